The molecule has 0 saturated heterocycles. The molecule has 0 fully saturated rings. The third-order valence-electron chi connectivity index (χ3n) is 2.26. The van der Waals surface area contributed by atoms with Crippen LogP contribution in [0.25, 0.3) is 11.1 Å². The number of aromatic nitrogens is 1. The van der Waals surface area contributed by atoms with Gasteiger partial charge in [-0.2, -0.15) is 4.98 Å². The van der Waals surface area contributed by atoms with E-state index in [9.17, 15) is 0 Å². The highest BCUT2D eigenvalue weighted by Gasteiger charge is 2.09. The molecule has 4 heteroatoms. The maximum Gasteiger partial charge on any atom is 0.394 e. The molecule has 0 aliphatic carbocycles. The first-order chi connectivity index (χ1) is 7.35. The maximum absolute atomic E-state index is 8.78. The summed E-state index contributed by atoms with van der Waals surface area (Å²) >= 11 is 0. The number of aliphatic hydroxyl groups excluding tert-OH is 1. The van der Waals surface area contributed by atoms with E-state index in [-0.39, 0.29) is 12.7 Å². The zero-order valence-electron chi connectivity index (χ0n) is 8.56. The highest BCUT2D eigenvalue weighted by Crippen LogP contribution is 2.23. The smallest absolute Gasteiger partial charge is 0.394 e. The van der Waals surface area contributed by atoms with Crippen LogP contribution in [0.4, 0.5) is 0 Å². The molecule has 2 rings (SSSR count). The van der Waals surface area contributed by atoms with Gasteiger partial charge >= 0.3 is 6.08 Å². The molecule has 0 aliphatic heterocycles. The Bertz CT molecular complexity index is 450. The van der Waals surface area contributed by atoms with Crippen molar-refractivity contribution in [3.05, 3.63) is 23.8 Å². The van der Waals surface area contributed by atoms with E-state index >= 15 is 0 Å². The number of aryl methyl sites for hydroxylation is 1. The summed E-state index contributed by atoms with van der Waals surface area (Å²) in [6.45, 7) is 0.186. The molecule has 0 atom stereocenters. The molecule has 1 aromatic carbocycles. The lowest BCUT2D eigenvalue weighted by molar-refractivity contribution is 0.288. The van der Waals surface area contributed by atoms with Crippen molar-refractivity contribution < 1.29 is 14.3 Å². The first-order valence-electron chi connectivity index (χ1n) is 4.88. The van der Waals surface area contributed by atoms with Crippen LogP contribution in [0.2, 0.25) is 0 Å². The third-order valence-corrected chi connectivity index (χ3v) is 2.26. The fourth-order valence-electron chi connectivity index (χ4n) is 1.54. The lowest BCUT2D eigenvalue weighted by Gasteiger charge is -1.98. The monoisotopic (exact) mass is 207 g/mol. The van der Waals surface area contributed by atoms with E-state index in [2.05, 4.69) is 4.98 Å². The molecule has 0 saturated carbocycles. The molecule has 1 heterocycles. The summed E-state index contributed by atoms with van der Waals surface area (Å²) in [5, 5.41) is 8.78. The summed E-state index contributed by atoms with van der Waals surface area (Å²) in [4.78, 5) is 4.21. The molecule has 0 spiro atoms. The van der Waals surface area contributed by atoms with Gasteiger partial charge in [-0.05, 0) is 24.5 Å². The van der Waals surface area contributed by atoms with E-state index < -0.39 is 0 Å². The average molecular weight is 207 g/mol. The van der Waals surface area contributed by atoms with Crippen LogP contribution in [0, 0.1) is 0 Å². The van der Waals surface area contributed by atoms with Crippen molar-refractivity contribution in [3.8, 4) is 6.08 Å². The maximum atomic E-state index is 8.78. The van der Waals surface area contributed by atoms with Gasteiger partial charge in [0.15, 0.2) is 5.58 Å². The molecule has 4 nitrogen and oxygen atoms in total. The molecular weight excluding hydrogens is 194 g/mol. The molecule has 1 N–H and O–H groups in total. The summed E-state index contributed by atoms with van der Waals surface area (Å²) in [5.74, 6) is 0. The Hall–Kier alpha value is -1.55. The van der Waals surface area contributed by atoms with Gasteiger partial charge in [-0.1, -0.05) is 12.1 Å². The predicted molar refractivity (Wildman–Crippen MR) is 56.0 cm³/mol. The predicted octanol–water partition coefficient (Wildman–Crippen LogP) is 1.76. The summed E-state index contributed by atoms with van der Waals surface area (Å²) in [6.07, 6.45) is 1.80. The number of methoxy groups -OCH3 is 1. The third kappa shape index (κ3) is 1.94. The fourth-order valence-corrected chi connectivity index (χ4v) is 1.54. The Morgan fingerprint density at radius 1 is 1.47 bits per heavy atom. The Morgan fingerprint density at radius 2 is 2.33 bits per heavy atom. The van der Waals surface area contributed by atoms with Gasteiger partial charge in [-0.25, -0.2) is 0 Å². The molecule has 80 valence electrons. The van der Waals surface area contributed by atoms with Crippen LogP contribution >= 0.6 is 0 Å². The second-order valence-electron chi connectivity index (χ2n) is 3.27. The van der Waals surface area contributed by atoms with Crippen molar-refractivity contribution in [2.24, 2.45) is 0 Å². The van der Waals surface area contributed by atoms with Crippen LogP contribution in [-0.2, 0) is 6.42 Å². The number of rotatable bonds is 4. The van der Waals surface area contributed by atoms with Crippen LogP contribution in [0.5, 0.6) is 6.08 Å². The summed E-state index contributed by atoms with van der Waals surface area (Å²) in [6, 6.07) is 5.76. The van der Waals surface area contributed by atoms with Gasteiger partial charge in [-0.3, -0.25) is 0 Å². The minimum absolute atomic E-state index is 0.186. The number of aliphatic hydroxyl groups is 1. The molecule has 0 radical (unpaired) electrons. The van der Waals surface area contributed by atoms with E-state index in [4.69, 9.17) is 14.3 Å². The molecule has 15 heavy (non-hydrogen) atoms. The molecule has 2 aromatic rings. The normalized spacial score (nSPS) is 10.8. The van der Waals surface area contributed by atoms with Gasteiger partial charge in [0, 0.05) is 6.61 Å². The quantitative estimate of drug-likeness (QED) is 0.830. The minimum atomic E-state index is 0.186. The Kier molecular flexibility index (Phi) is 2.87. The highest BCUT2D eigenvalue weighted by atomic mass is 16.6. The standard InChI is InChI=1S/C11H13NO3/c1-14-11-12-10-8(5-3-7-13)4-2-6-9(10)15-11/h2,4,6,13H,3,5,7H2,1H3. The van der Waals surface area contributed by atoms with Crippen molar-refractivity contribution in [3.63, 3.8) is 0 Å². The molecule has 0 amide bonds. The topological polar surface area (TPSA) is 55.5 Å². The number of para-hydroxylation sites is 1. The number of fused-ring (bicyclic) bond motifs is 1. The van der Waals surface area contributed by atoms with Gasteiger partial charge in [-0.15, -0.1) is 0 Å². The Labute approximate surface area is 87.5 Å². The van der Waals surface area contributed by atoms with Crippen molar-refractivity contribution in [1.29, 1.82) is 0 Å². The van der Waals surface area contributed by atoms with Gasteiger partial charge in [0.1, 0.15) is 5.52 Å². The van der Waals surface area contributed by atoms with E-state index in [0.29, 0.717) is 0 Å². The van der Waals surface area contributed by atoms with Crippen molar-refractivity contribution in [2.75, 3.05) is 13.7 Å². The van der Waals surface area contributed by atoms with Crippen molar-refractivity contribution >= 4 is 11.1 Å². The number of nitrogens with zero attached hydrogens (tertiary/aromatic N) is 1. The van der Waals surface area contributed by atoms with Gasteiger partial charge in [0.2, 0.25) is 0 Å². The second-order valence-corrected chi connectivity index (χ2v) is 3.27. The number of hydrogen-bond donors (Lipinski definition) is 1. The van der Waals surface area contributed by atoms with Crippen LogP contribution in [0.15, 0.2) is 22.6 Å². The summed E-state index contributed by atoms with van der Waals surface area (Å²) in [7, 11) is 1.53. The van der Waals surface area contributed by atoms with Crippen LogP contribution in [0.3, 0.4) is 0 Å². The Balaban J connectivity index is 2.40. The zero-order chi connectivity index (χ0) is 10.7. The molecule has 1 aromatic heterocycles. The van der Waals surface area contributed by atoms with Crippen LogP contribution in [-0.4, -0.2) is 23.8 Å². The second kappa shape index (κ2) is 4.31. The van der Waals surface area contributed by atoms with Gasteiger partial charge in [0.25, 0.3) is 0 Å². The highest BCUT2D eigenvalue weighted by molar-refractivity contribution is 5.77. The Morgan fingerprint density at radius 3 is 3.07 bits per heavy atom. The first kappa shape index (κ1) is 9.98. The minimum Gasteiger partial charge on any atom is -0.453 e. The summed E-state index contributed by atoms with van der Waals surface area (Å²) < 4.78 is 10.3. The first-order valence-corrected chi connectivity index (χ1v) is 4.88. The van der Waals surface area contributed by atoms with Crippen LogP contribution in [0.1, 0.15) is 12.0 Å². The SMILES string of the molecule is COc1nc2c(CCCO)cccc2o1. The number of hydrogen-bond acceptors (Lipinski definition) is 4. The van der Waals surface area contributed by atoms with E-state index in [0.717, 1.165) is 29.5 Å². The number of benzene rings is 1. The molecule has 0 aliphatic rings. The van der Waals surface area contributed by atoms with E-state index in [1.54, 1.807) is 0 Å². The summed E-state index contributed by atoms with van der Waals surface area (Å²) in [5.41, 5.74) is 2.62. The largest absolute Gasteiger partial charge is 0.453 e. The van der Waals surface area contributed by atoms with E-state index in [1.165, 1.54) is 7.11 Å². The van der Waals surface area contributed by atoms with Gasteiger partial charge in [0.05, 0.1) is 7.11 Å². The van der Waals surface area contributed by atoms with Gasteiger partial charge < -0.3 is 14.3 Å². The van der Waals surface area contributed by atoms with Crippen molar-refractivity contribution in [1.82, 2.24) is 4.98 Å². The van der Waals surface area contributed by atoms with Crippen LogP contribution < -0.4 is 4.74 Å². The lowest BCUT2D eigenvalue weighted by atomic mass is 10.1. The average Bonchev–Trinajstić information content (AvgIpc) is 2.69. The fraction of sp³-hybridized carbons (Fsp3) is 0.364. The molecule has 0 bridgehead atoms. The number of ether oxygens (including phenoxy) is 1. The number of oxazole rings is 1. The lowest BCUT2D eigenvalue weighted by Crippen LogP contribution is -1.90. The molecular formula is C11H13NO3. The van der Waals surface area contributed by atoms with E-state index in [1.807, 2.05) is 18.2 Å². The van der Waals surface area contributed by atoms with Crippen molar-refractivity contribution in [2.45, 2.75) is 12.8 Å². The molecule has 0 unspecified atom stereocenters. The zero-order valence-corrected chi connectivity index (χ0v) is 8.56.